The second-order valence-corrected chi connectivity index (χ2v) is 3.81. The molecule has 1 N–H and O–H groups in total. The molecule has 8 heteroatoms. The molecular formula is C12H10F3N3O2. The van der Waals surface area contributed by atoms with Crippen LogP contribution in [0.2, 0.25) is 0 Å². The van der Waals surface area contributed by atoms with Gasteiger partial charge >= 0.3 is 12.2 Å². The van der Waals surface area contributed by atoms with E-state index in [0.29, 0.717) is 0 Å². The summed E-state index contributed by atoms with van der Waals surface area (Å²) < 4.78 is 44.6. The molecule has 0 aliphatic carbocycles. The number of halogens is 3. The summed E-state index contributed by atoms with van der Waals surface area (Å²) in [5.74, 6) is 0.0537. The number of anilines is 1. The Labute approximate surface area is 112 Å². The van der Waals surface area contributed by atoms with Crippen LogP contribution < -0.4 is 10.1 Å². The van der Waals surface area contributed by atoms with Crippen LogP contribution >= 0.6 is 0 Å². The van der Waals surface area contributed by atoms with Crippen molar-refractivity contribution in [1.29, 1.82) is 0 Å². The number of rotatable bonds is 2. The minimum atomic E-state index is -4.61. The summed E-state index contributed by atoms with van der Waals surface area (Å²) in [5, 5.41) is 2.18. The molecule has 0 aliphatic rings. The maximum atomic E-state index is 12.9. The third-order valence-corrected chi connectivity index (χ3v) is 2.51. The predicted octanol–water partition coefficient (Wildman–Crippen LogP) is 2.99. The van der Waals surface area contributed by atoms with Gasteiger partial charge in [0.15, 0.2) is 0 Å². The van der Waals surface area contributed by atoms with Crippen molar-refractivity contribution in [2.75, 3.05) is 12.4 Å². The first kappa shape index (κ1) is 13.9. The molecule has 20 heavy (non-hydrogen) atoms. The zero-order valence-electron chi connectivity index (χ0n) is 10.3. The molecule has 0 saturated heterocycles. The molecule has 0 spiro atoms. The maximum Gasteiger partial charge on any atom is 0.418 e. The first-order valence-corrected chi connectivity index (χ1v) is 5.46. The van der Waals surface area contributed by atoms with Crippen molar-refractivity contribution in [3.8, 4) is 5.75 Å². The van der Waals surface area contributed by atoms with Gasteiger partial charge in [-0.25, -0.2) is 9.78 Å². The van der Waals surface area contributed by atoms with E-state index in [-0.39, 0.29) is 11.4 Å². The van der Waals surface area contributed by atoms with Gasteiger partial charge in [0, 0.05) is 12.4 Å². The lowest BCUT2D eigenvalue weighted by Gasteiger charge is -2.15. The molecule has 0 atom stereocenters. The van der Waals surface area contributed by atoms with Crippen LogP contribution in [0.1, 0.15) is 5.56 Å². The van der Waals surface area contributed by atoms with E-state index in [2.05, 4.69) is 10.3 Å². The minimum Gasteiger partial charge on any atom is -0.497 e. The molecule has 106 valence electrons. The Hall–Kier alpha value is -2.51. The lowest BCUT2D eigenvalue weighted by molar-refractivity contribution is -0.137. The van der Waals surface area contributed by atoms with Crippen LogP contribution in [0.4, 0.5) is 23.7 Å². The SMILES string of the molecule is COc1ccc(NC(=O)n2ccnc2)c(C(F)(F)F)c1. The Kier molecular flexibility index (Phi) is 3.64. The summed E-state index contributed by atoms with van der Waals surface area (Å²) in [6.07, 6.45) is -0.747. The Morgan fingerprint density at radius 2 is 2.15 bits per heavy atom. The van der Waals surface area contributed by atoms with Gasteiger partial charge < -0.3 is 10.1 Å². The quantitative estimate of drug-likeness (QED) is 0.922. The number of hydrogen-bond donors (Lipinski definition) is 1. The lowest BCUT2D eigenvalue weighted by atomic mass is 10.1. The predicted molar refractivity (Wildman–Crippen MR) is 64.6 cm³/mol. The summed E-state index contributed by atoms with van der Waals surface area (Å²) in [6, 6.07) is 2.55. The van der Waals surface area contributed by atoms with Crippen molar-refractivity contribution in [2.45, 2.75) is 6.18 Å². The highest BCUT2D eigenvalue weighted by Gasteiger charge is 2.34. The number of carbonyl (C=O) groups is 1. The van der Waals surface area contributed by atoms with Crippen LogP contribution in [0.5, 0.6) is 5.75 Å². The third-order valence-electron chi connectivity index (χ3n) is 2.51. The number of nitrogens with zero attached hydrogens (tertiary/aromatic N) is 2. The number of nitrogens with one attached hydrogen (secondary N) is 1. The molecule has 0 bridgehead atoms. The van der Waals surface area contributed by atoms with E-state index in [1.54, 1.807) is 0 Å². The van der Waals surface area contributed by atoms with Gasteiger partial charge in [0.25, 0.3) is 0 Å². The fraction of sp³-hybridized carbons (Fsp3) is 0.167. The number of hydrogen-bond acceptors (Lipinski definition) is 3. The summed E-state index contributed by atoms with van der Waals surface area (Å²) in [6.45, 7) is 0. The number of ether oxygens (including phenoxy) is 1. The molecule has 1 aromatic carbocycles. The molecule has 1 aromatic heterocycles. The first-order valence-electron chi connectivity index (χ1n) is 5.46. The largest absolute Gasteiger partial charge is 0.497 e. The Balaban J connectivity index is 2.34. The van der Waals surface area contributed by atoms with E-state index in [4.69, 9.17) is 4.74 Å². The molecule has 1 heterocycles. The zero-order chi connectivity index (χ0) is 14.8. The van der Waals surface area contributed by atoms with Gasteiger partial charge in [0.1, 0.15) is 12.1 Å². The Bertz CT molecular complexity index is 609. The normalized spacial score (nSPS) is 11.2. The van der Waals surface area contributed by atoms with E-state index in [9.17, 15) is 18.0 Å². The third kappa shape index (κ3) is 2.90. The van der Waals surface area contributed by atoms with Gasteiger partial charge in [-0.05, 0) is 18.2 Å². The van der Waals surface area contributed by atoms with E-state index in [0.717, 1.165) is 16.7 Å². The number of methoxy groups -OCH3 is 1. The number of aromatic nitrogens is 2. The average molecular weight is 285 g/mol. The van der Waals surface area contributed by atoms with Crippen molar-refractivity contribution in [3.05, 3.63) is 42.5 Å². The van der Waals surface area contributed by atoms with Crippen LogP contribution in [0, 0.1) is 0 Å². The highest BCUT2D eigenvalue weighted by atomic mass is 19.4. The van der Waals surface area contributed by atoms with E-state index >= 15 is 0 Å². The summed E-state index contributed by atoms with van der Waals surface area (Å²) >= 11 is 0. The number of carbonyl (C=O) groups excluding carboxylic acids is 1. The second kappa shape index (κ2) is 5.24. The molecule has 2 aromatic rings. The molecule has 5 nitrogen and oxygen atoms in total. The average Bonchev–Trinajstić information content (AvgIpc) is 2.91. The van der Waals surface area contributed by atoms with Crippen molar-refractivity contribution >= 4 is 11.7 Å². The molecule has 0 fully saturated rings. The van der Waals surface area contributed by atoms with Crippen LogP contribution in [0.15, 0.2) is 36.9 Å². The van der Waals surface area contributed by atoms with Gasteiger partial charge in [0.2, 0.25) is 0 Å². The van der Waals surface area contributed by atoms with Gasteiger partial charge in [-0.1, -0.05) is 0 Å². The first-order chi connectivity index (χ1) is 9.41. The fourth-order valence-corrected chi connectivity index (χ4v) is 1.55. The van der Waals surface area contributed by atoms with Crippen molar-refractivity contribution in [1.82, 2.24) is 9.55 Å². The second-order valence-electron chi connectivity index (χ2n) is 3.81. The Morgan fingerprint density at radius 1 is 1.40 bits per heavy atom. The van der Waals surface area contributed by atoms with E-state index in [1.165, 1.54) is 31.9 Å². The van der Waals surface area contributed by atoms with Gasteiger partial charge in [-0.3, -0.25) is 4.57 Å². The maximum absolute atomic E-state index is 12.9. The standard InChI is InChI=1S/C12H10F3N3O2/c1-20-8-2-3-10(9(6-8)12(13,14)15)17-11(19)18-5-4-16-7-18/h2-7H,1H3,(H,17,19). The number of imidazole rings is 1. The van der Waals surface area contributed by atoms with Crippen LogP contribution in [-0.2, 0) is 6.18 Å². The topological polar surface area (TPSA) is 56.1 Å². The van der Waals surface area contributed by atoms with E-state index < -0.39 is 17.8 Å². The lowest BCUT2D eigenvalue weighted by Crippen LogP contribution is -2.20. The molecular weight excluding hydrogens is 275 g/mol. The van der Waals surface area contributed by atoms with E-state index in [1.807, 2.05) is 0 Å². The van der Waals surface area contributed by atoms with Crippen molar-refractivity contribution in [2.24, 2.45) is 0 Å². The van der Waals surface area contributed by atoms with Crippen molar-refractivity contribution in [3.63, 3.8) is 0 Å². The van der Waals surface area contributed by atoms with Gasteiger partial charge in [-0.2, -0.15) is 13.2 Å². The number of amides is 1. The van der Waals surface area contributed by atoms with Gasteiger partial charge in [-0.15, -0.1) is 0 Å². The van der Waals surface area contributed by atoms with Crippen LogP contribution in [0.25, 0.3) is 0 Å². The monoisotopic (exact) mass is 285 g/mol. The number of benzene rings is 1. The van der Waals surface area contributed by atoms with Gasteiger partial charge in [0.05, 0.1) is 18.4 Å². The molecule has 0 saturated carbocycles. The van der Waals surface area contributed by atoms with Crippen LogP contribution in [0.3, 0.4) is 0 Å². The molecule has 0 unspecified atom stereocenters. The Morgan fingerprint density at radius 3 is 2.70 bits per heavy atom. The number of alkyl halides is 3. The highest BCUT2D eigenvalue weighted by Crippen LogP contribution is 2.37. The van der Waals surface area contributed by atoms with Crippen molar-refractivity contribution < 1.29 is 22.7 Å². The zero-order valence-corrected chi connectivity index (χ0v) is 10.3. The molecule has 0 aliphatic heterocycles. The summed E-state index contributed by atoms with van der Waals surface area (Å²) in [5.41, 5.74) is -1.33. The highest BCUT2D eigenvalue weighted by molar-refractivity contribution is 5.91. The summed E-state index contributed by atoms with van der Waals surface area (Å²) in [4.78, 5) is 15.4. The smallest absolute Gasteiger partial charge is 0.418 e. The molecule has 1 amide bonds. The minimum absolute atomic E-state index is 0.0537. The molecule has 2 rings (SSSR count). The summed E-state index contributed by atoms with van der Waals surface area (Å²) in [7, 11) is 1.26. The fourth-order valence-electron chi connectivity index (χ4n) is 1.55. The molecule has 0 radical (unpaired) electrons. The van der Waals surface area contributed by atoms with Crippen LogP contribution in [-0.4, -0.2) is 22.7 Å².